The van der Waals surface area contributed by atoms with Gasteiger partial charge in [0.25, 0.3) is 5.91 Å². The molecule has 0 saturated carbocycles. The monoisotopic (exact) mass is 430 g/mol. The highest BCUT2D eigenvalue weighted by atomic mass is 35.5. The van der Waals surface area contributed by atoms with Crippen LogP contribution in [-0.2, 0) is 11.2 Å². The van der Waals surface area contributed by atoms with E-state index in [-0.39, 0.29) is 17.7 Å². The van der Waals surface area contributed by atoms with Crippen LogP contribution in [0, 0.1) is 5.92 Å². The molecule has 0 spiro atoms. The van der Waals surface area contributed by atoms with E-state index in [0.717, 1.165) is 12.0 Å². The van der Waals surface area contributed by atoms with Crippen LogP contribution in [0.5, 0.6) is 11.5 Å². The zero-order chi connectivity index (χ0) is 21.5. The van der Waals surface area contributed by atoms with Gasteiger partial charge in [0.1, 0.15) is 11.5 Å². The number of hydrogen-bond donors (Lipinski definition) is 1. The summed E-state index contributed by atoms with van der Waals surface area (Å²) in [4.78, 5) is 27.1. The van der Waals surface area contributed by atoms with E-state index in [0.29, 0.717) is 54.6 Å². The number of amides is 2. The molecule has 1 fully saturated rings. The summed E-state index contributed by atoms with van der Waals surface area (Å²) in [5.74, 6) is 1.06. The van der Waals surface area contributed by atoms with Gasteiger partial charge in [0.15, 0.2) is 0 Å². The van der Waals surface area contributed by atoms with Crippen molar-refractivity contribution in [1.82, 2.24) is 10.2 Å². The van der Waals surface area contributed by atoms with Crippen molar-refractivity contribution >= 4 is 23.4 Å². The van der Waals surface area contributed by atoms with Crippen molar-refractivity contribution in [3.05, 3.63) is 58.6 Å². The Kier molecular flexibility index (Phi) is 7.57. The quantitative estimate of drug-likeness (QED) is 0.729. The number of halogens is 1. The topological polar surface area (TPSA) is 67.9 Å². The summed E-state index contributed by atoms with van der Waals surface area (Å²) in [7, 11) is 3.11. The van der Waals surface area contributed by atoms with Gasteiger partial charge in [-0.05, 0) is 49.1 Å². The molecule has 1 N–H and O–H groups in total. The molecule has 0 bridgehead atoms. The average molecular weight is 431 g/mol. The van der Waals surface area contributed by atoms with Gasteiger partial charge in [-0.3, -0.25) is 9.59 Å². The first kappa shape index (κ1) is 22.0. The maximum atomic E-state index is 12.9. The molecular formula is C23H27ClN2O4. The van der Waals surface area contributed by atoms with Crippen LogP contribution in [-0.4, -0.2) is 50.6 Å². The Labute approximate surface area is 182 Å². The van der Waals surface area contributed by atoms with Crippen molar-refractivity contribution in [2.75, 3.05) is 33.9 Å². The minimum Gasteiger partial charge on any atom is -0.497 e. The van der Waals surface area contributed by atoms with Crippen molar-refractivity contribution in [3.63, 3.8) is 0 Å². The van der Waals surface area contributed by atoms with Gasteiger partial charge >= 0.3 is 0 Å². The van der Waals surface area contributed by atoms with E-state index in [1.165, 1.54) is 0 Å². The summed E-state index contributed by atoms with van der Waals surface area (Å²) in [6.07, 6.45) is 2.07. The first-order chi connectivity index (χ1) is 14.5. The molecule has 2 aromatic rings. The molecule has 1 heterocycles. The lowest BCUT2D eigenvalue weighted by atomic mass is 9.95. The number of piperidine rings is 1. The molecule has 1 aliphatic rings. The zero-order valence-corrected chi connectivity index (χ0v) is 18.1. The molecule has 1 aliphatic heterocycles. The molecule has 0 aliphatic carbocycles. The van der Waals surface area contributed by atoms with E-state index in [9.17, 15) is 9.59 Å². The number of benzene rings is 2. The second-order valence-electron chi connectivity index (χ2n) is 7.34. The number of carbonyl (C=O) groups excluding carboxylic acids is 2. The number of likely N-dealkylation sites (tertiary alicyclic amines) is 1. The molecule has 2 aromatic carbocycles. The minimum absolute atomic E-state index is 0.0547. The molecule has 6 nitrogen and oxygen atoms in total. The number of carbonyl (C=O) groups is 2. The Hall–Kier alpha value is -2.73. The van der Waals surface area contributed by atoms with Crippen molar-refractivity contribution in [1.29, 1.82) is 0 Å². The fourth-order valence-corrected chi connectivity index (χ4v) is 3.71. The predicted molar refractivity (Wildman–Crippen MR) is 116 cm³/mol. The molecule has 160 valence electrons. The Morgan fingerprint density at radius 1 is 1.03 bits per heavy atom. The highest BCUT2D eigenvalue weighted by Crippen LogP contribution is 2.25. The average Bonchev–Trinajstić information content (AvgIpc) is 2.79. The predicted octanol–water partition coefficient (Wildman–Crippen LogP) is 3.57. The third-order valence-corrected chi connectivity index (χ3v) is 5.63. The fourth-order valence-electron chi connectivity index (χ4n) is 3.58. The summed E-state index contributed by atoms with van der Waals surface area (Å²) in [5.41, 5.74) is 1.66. The summed E-state index contributed by atoms with van der Waals surface area (Å²) in [6, 6.07) is 12.8. The van der Waals surface area contributed by atoms with Crippen LogP contribution in [0.15, 0.2) is 42.5 Å². The van der Waals surface area contributed by atoms with Crippen LogP contribution in [0.1, 0.15) is 28.8 Å². The second-order valence-corrected chi connectivity index (χ2v) is 7.77. The van der Waals surface area contributed by atoms with Gasteiger partial charge in [-0.15, -0.1) is 0 Å². The van der Waals surface area contributed by atoms with Crippen LogP contribution in [0.25, 0.3) is 0 Å². The smallest absolute Gasteiger partial charge is 0.254 e. The van der Waals surface area contributed by atoms with E-state index in [1.807, 2.05) is 24.3 Å². The van der Waals surface area contributed by atoms with Crippen LogP contribution < -0.4 is 14.8 Å². The Morgan fingerprint density at radius 2 is 1.63 bits per heavy atom. The number of nitrogens with one attached hydrogen (secondary N) is 1. The lowest BCUT2D eigenvalue weighted by Crippen LogP contribution is -2.43. The van der Waals surface area contributed by atoms with Crippen molar-refractivity contribution in [2.24, 2.45) is 5.92 Å². The summed E-state index contributed by atoms with van der Waals surface area (Å²) >= 11 is 5.89. The van der Waals surface area contributed by atoms with Crippen LogP contribution in [0.3, 0.4) is 0 Å². The molecule has 3 rings (SSSR count). The Balaban J connectivity index is 1.48. The van der Waals surface area contributed by atoms with Crippen LogP contribution in [0.2, 0.25) is 5.02 Å². The third-order valence-electron chi connectivity index (χ3n) is 5.38. The summed E-state index contributed by atoms with van der Waals surface area (Å²) in [5, 5.41) is 3.72. The molecule has 0 atom stereocenters. The van der Waals surface area contributed by atoms with Gasteiger partial charge in [0, 0.05) is 42.2 Å². The van der Waals surface area contributed by atoms with Crippen LogP contribution in [0.4, 0.5) is 0 Å². The molecule has 2 amide bonds. The third kappa shape index (κ3) is 5.66. The van der Waals surface area contributed by atoms with Crippen molar-refractivity contribution in [2.45, 2.75) is 19.3 Å². The number of methoxy groups -OCH3 is 2. The van der Waals surface area contributed by atoms with E-state index >= 15 is 0 Å². The largest absolute Gasteiger partial charge is 0.497 e. The maximum absolute atomic E-state index is 12.9. The standard InChI is InChI=1S/C23H27ClN2O4/c1-29-20-13-18(14-21(15-20)30-2)23(28)26-11-8-17(9-12-26)22(27)25-10-7-16-3-5-19(24)6-4-16/h3-6,13-15,17H,7-12H2,1-2H3,(H,25,27). The first-order valence-corrected chi connectivity index (χ1v) is 10.4. The molecule has 1 saturated heterocycles. The molecular weight excluding hydrogens is 404 g/mol. The van der Waals surface area contributed by atoms with E-state index < -0.39 is 0 Å². The van der Waals surface area contributed by atoms with Gasteiger partial charge < -0.3 is 19.7 Å². The number of ether oxygens (including phenoxy) is 2. The molecule has 30 heavy (non-hydrogen) atoms. The summed E-state index contributed by atoms with van der Waals surface area (Å²) < 4.78 is 10.5. The zero-order valence-electron chi connectivity index (χ0n) is 17.3. The van der Waals surface area contributed by atoms with Gasteiger partial charge in [0.05, 0.1) is 14.2 Å². The fraction of sp³-hybridized carbons (Fsp3) is 0.391. The number of nitrogens with zero attached hydrogens (tertiary/aromatic N) is 1. The van der Waals surface area contributed by atoms with E-state index in [1.54, 1.807) is 37.3 Å². The molecule has 7 heteroatoms. The molecule has 0 unspecified atom stereocenters. The minimum atomic E-state index is -0.0752. The van der Waals surface area contributed by atoms with Crippen molar-refractivity contribution in [3.8, 4) is 11.5 Å². The van der Waals surface area contributed by atoms with Gasteiger partial charge in [0.2, 0.25) is 5.91 Å². The van der Waals surface area contributed by atoms with Gasteiger partial charge in [-0.1, -0.05) is 23.7 Å². The SMILES string of the molecule is COc1cc(OC)cc(C(=O)N2CCC(C(=O)NCCc3ccc(Cl)cc3)CC2)c1. The van der Waals surface area contributed by atoms with E-state index in [2.05, 4.69) is 5.32 Å². The highest BCUT2D eigenvalue weighted by Gasteiger charge is 2.28. The van der Waals surface area contributed by atoms with Crippen LogP contribution >= 0.6 is 11.6 Å². The lowest BCUT2D eigenvalue weighted by molar-refractivity contribution is -0.126. The number of hydrogen-bond acceptors (Lipinski definition) is 4. The molecule has 0 radical (unpaired) electrons. The number of rotatable bonds is 7. The van der Waals surface area contributed by atoms with Gasteiger partial charge in [-0.25, -0.2) is 0 Å². The van der Waals surface area contributed by atoms with E-state index in [4.69, 9.17) is 21.1 Å². The second kappa shape index (κ2) is 10.3. The Morgan fingerprint density at radius 3 is 2.20 bits per heavy atom. The van der Waals surface area contributed by atoms with Gasteiger partial charge in [-0.2, -0.15) is 0 Å². The normalized spacial score (nSPS) is 14.3. The lowest BCUT2D eigenvalue weighted by Gasteiger charge is -2.31. The Bertz CT molecular complexity index is 855. The van der Waals surface area contributed by atoms with Crippen molar-refractivity contribution < 1.29 is 19.1 Å². The molecule has 0 aromatic heterocycles. The maximum Gasteiger partial charge on any atom is 0.254 e. The summed E-state index contributed by atoms with van der Waals surface area (Å²) in [6.45, 7) is 1.68. The first-order valence-electron chi connectivity index (χ1n) is 10.0. The highest BCUT2D eigenvalue weighted by molar-refractivity contribution is 6.30.